The Morgan fingerprint density at radius 1 is 1.22 bits per heavy atom. The van der Waals surface area contributed by atoms with E-state index in [2.05, 4.69) is 15.6 Å². The van der Waals surface area contributed by atoms with Crippen molar-refractivity contribution in [1.29, 1.82) is 0 Å². The lowest BCUT2D eigenvalue weighted by molar-refractivity contribution is -0.122. The SMILES string of the molecule is COc1cccc(NC(=O)N2CCC3(CC2)CC(CNC(=O)c2ccncc2)CCO3)c1. The maximum atomic E-state index is 12.7. The molecular weight excluding hydrogens is 408 g/mol. The van der Waals surface area contributed by atoms with Gasteiger partial charge in [-0.25, -0.2) is 4.79 Å². The Kier molecular flexibility index (Phi) is 6.90. The molecule has 3 heterocycles. The van der Waals surface area contributed by atoms with Crippen molar-refractivity contribution in [3.05, 3.63) is 54.4 Å². The lowest BCUT2D eigenvalue weighted by Crippen LogP contribution is -2.52. The number of aromatic nitrogens is 1. The van der Waals surface area contributed by atoms with Crippen LogP contribution in [0.5, 0.6) is 5.75 Å². The van der Waals surface area contributed by atoms with Crippen molar-refractivity contribution in [1.82, 2.24) is 15.2 Å². The molecule has 2 aliphatic rings. The molecule has 1 spiro atoms. The first-order valence-electron chi connectivity index (χ1n) is 11.1. The van der Waals surface area contributed by atoms with Crippen molar-refractivity contribution in [3.8, 4) is 5.75 Å². The highest BCUT2D eigenvalue weighted by Gasteiger charge is 2.41. The Morgan fingerprint density at radius 2 is 2.00 bits per heavy atom. The van der Waals surface area contributed by atoms with Crippen LogP contribution < -0.4 is 15.4 Å². The van der Waals surface area contributed by atoms with Gasteiger partial charge in [-0.2, -0.15) is 0 Å². The fraction of sp³-hybridized carbons (Fsp3) is 0.458. The predicted octanol–water partition coefficient (Wildman–Crippen LogP) is 3.31. The van der Waals surface area contributed by atoms with Crippen molar-refractivity contribution in [2.75, 3.05) is 38.7 Å². The number of nitrogens with zero attached hydrogens (tertiary/aromatic N) is 2. The molecular formula is C24H30N4O4. The molecule has 2 fully saturated rings. The third-order valence-electron chi connectivity index (χ3n) is 6.37. The number of pyridine rings is 1. The van der Waals surface area contributed by atoms with Crippen LogP contribution >= 0.6 is 0 Å². The Bertz CT molecular complexity index is 929. The van der Waals surface area contributed by atoms with Crippen LogP contribution in [0.3, 0.4) is 0 Å². The van der Waals surface area contributed by atoms with Crippen molar-refractivity contribution in [2.24, 2.45) is 5.92 Å². The largest absolute Gasteiger partial charge is 0.497 e. The summed E-state index contributed by atoms with van der Waals surface area (Å²) in [6.07, 6.45) is 6.67. The number of likely N-dealkylation sites (tertiary alicyclic amines) is 1. The van der Waals surface area contributed by atoms with Gasteiger partial charge < -0.3 is 25.0 Å². The number of rotatable bonds is 5. The molecule has 3 amide bonds. The number of piperidine rings is 1. The van der Waals surface area contributed by atoms with Gasteiger partial charge in [0, 0.05) is 56.0 Å². The van der Waals surface area contributed by atoms with E-state index in [0.717, 1.165) is 25.7 Å². The monoisotopic (exact) mass is 438 g/mol. The molecule has 2 aromatic rings. The molecule has 170 valence electrons. The highest BCUT2D eigenvalue weighted by Crippen LogP contribution is 2.37. The summed E-state index contributed by atoms with van der Waals surface area (Å²) in [4.78, 5) is 30.8. The Morgan fingerprint density at radius 3 is 2.75 bits per heavy atom. The van der Waals surface area contributed by atoms with E-state index in [-0.39, 0.29) is 17.5 Å². The zero-order chi connectivity index (χ0) is 22.4. The number of ether oxygens (including phenoxy) is 2. The second-order valence-corrected chi connectivity index (χ2v) is 8.49. The molecule has 1 unspecified atom stereocenters. The van der Waals surface area contributed by atoms with Gasteiger partial charge in [0.25, 0.3) is 5.91 Å². The maximum absolute atomic E-state index is 12.7. The van der Waals surface area contributed by atoms with E-state index in [1.54, 1.807) is 37.7 Å². The topological polar surface area (TPSA) is 92.8 Å². The molecule has 0 saturated carbocycles. The van der Waals surface area contributed by atoms with E-state index < -0.39 is 0 Å². The minimum absolute atomic E-state index is 0.0722. The number of hydrogen-bond donors (Lipinski definition) is 2. The van der Waals surface area contributed by atoms with Gasteiger partial charge in [0.1, 0.15) is 5.75 Å². The molecule has 8 nitrogen and oxygen atoms in total. The standard InChI is InChI=1S/C24H30N4O4/c1-31-21-4-2-3-20(15-21)27-23(30)28-12-8-24(9-13-28)16-18(7-14-32-24)17-26-22(29)19-5-10-25-11-6-19/h2-6,10-11,15,18H,7-9,12-14,16-17H2,1H3,(H,26,29)(H,27,30). The van der Waals surface area contributed by atoms with Crippen LogP contribution in [-0.4, -0.2) is 60.8 Å². The summed E-state index contributed by atoms with van der Waals surface area (Å²) in [6, 6.07) is 10.7. The average molecular weight is 439 g/mol. The Balaban J connectivity index is 1.26. The first-order valence-corrected chi connectivity index (χ1v) is 11.1. The number of hydrogen-bond acceptors (Lipinski definition) is 5. The van der Waals surface area contributed by atoms with E-state index in [0.29, 0.717) is 49.2 Å². The average Bonchev–Trinajstić information content (AvgIpc) is 2.84. The third kappa shape index (κ3) is 5.37. The fourth-order valence-electron chi connectivity index (χ4n) is 4.51. The van der Waals surface area contributed by atoms with Crippen molar-refractivity contribution < 1.29 is 19.1 Å². The minimum atomic E-state index is -0.211. The number of carbonyl (C=O) groups excluding carboxylic acids is 2. The van der Waals surface area contributed by atoms with Crippen LogP contribution in [0.4, 0.5) is 10.5 Å². The fourth-order valence-corrected chi connectivity index (χ4v) is 4.51. The summed E-state index contributed by atoms with van der Waals surface area (Å²) >= 11 is 0. The molecule has 2 aliphatic heterocycles. The molecule has 1 aromatic carbocycles. The quantitative estimate of drug-likeness (QED) is 0.747. The van der Waals surface area contributed by atoms with Crippen LogP contribution in [-0.2, 0) is 4.74 Å². The first-order chi connectivity index (χ1) is 15.6. The van der Waals surface area contributed by atoms with E-state index >= 15 is 0 Å². The van der Waals surface area contributed by atoms with Gasteiger partial charge in [-0.05, 0) is 55.9 Å². The van der Waals surface area contributed by atoms with Crippen molar-refractivity contribution >= 4 is 17.6 Å². The summed E-state index contributed by atoms with van der Waals surface area (Å²) in [5, 5.41) is 6.00. The predicted molar refractivity (Wildman–Crippen MR) is 121 cm³/mol. The van der Waals surface area contributed by atoms with Crippen LogP contribution in [0.1, 0.15) is 36.0 Å². The molecule has 2 N–H and O–H groups in total. The molecule has 32 heavy (non-hydrogen) atoms. The van der Waals surface area contributed by atoms with E-state index in [4.69, 9.17) is 9.47 Å². The van der Waals surface area contributed by atoms with Gasteiger partial charge in [0.2, 0.25) is 0 Å². The normalized spacial score (nSPS) is 19.9. The summed E-state index contributed by atoms with van der Waals surface area (Å²) in [5.41, 5.74) is 1.13. The van der Waals surface area contributed by atoms with E-state index in [1.165, 1.54) is 0 Å². The summed E-state index contributed by atoms with van der Waals surface area (Å²) in [7, 11) is 1.60. The first kappa shape index (κ1) is 22.1. The summed E-state index contributed by atoms with van der Waals surface area (Å²) in [6.45, 7) is 2.61. The van der Waals surface area contributed by atoms with Crippen molar-refractivity contribution in [2.45, 2.75) is 31.3 Å². The Hall–Kier alpha value is -3.13. The number of amides is 3. The lowest BCUT2D eigenvalue weighted by atomic mass is 9.79. The highest BCUT2D eigenvalue weighted by atomic mass is 16.5. The molecule has 0 aliphatic carbocycles. The Labute approximate surface area is 188 Å². The van der Waals surface area contributed by atoms with Crippen molar-refractivity contribution in [3.63, 3.8) is 0 Å². The number of nitrogens with one attached hydrogen (secondary N) is 2. The zero-order valence-corrected chi connectivity index (χ0v) is 18.4. The third-order valence-corrected chi connectivity index (χ3v) is 6.37. The molecule has 0 bridgehead atoms. The molecule has 8 heteroatoms. The smallest absolute Gasteiger partial charge is 0.321 e. The van der Waals surface area contributed by atoms with Crippen LogP contribution in [0.15, 0.2) is 48.8 Å². The van der Waals surface area contributed by atoms with E-state index in [9.17, 15) is 9.59 Å². The van der Waals surface area contributed by atoms with Crippen LogP contribution in [0.25, 0.3) is 0 Å². The number of benzene rings is 1. The second-order valence-electron chi connectivity index (χ2n) is 8.49. The number of anilines is 1. The van der Waals surface area contributed by atoms with Crippen LogP contribution in [0, 0.1) is 5.92 Å². The minimum Gasteiger partial charge on any atom is -0.497 e. The lowest BCUT2D eigenvalue weighted by Gasteiger charge is -2.46. The molecule has 1 aromatic heterocycles. The second kappa shape index (κ2) is 9.99. The van der Waals surface area contributed by atoms with Crippen LogP contribution in [0.2, 0.25) is 0 Å². The van der Waals surface area contributed by atoms with Gasteiger partial charge in [-0.3, -0.25) is 9.78 Å². The number of urea groups is 1. The molecule has 1 atom stereocenters. The summed E-state index contributed by atoms with van der Waals surface area (Å²) < 4.78 is 11.4. The number of carbonyl (C=O) groups is 2. The molecule has 4 rings (SSSR count). The van der Waals surface area contributed by atoms with E-state index in [1.807, 2.05) is 23.1 Å². The van der Waals surface area contributed by atoms with Gasteiger partial charge in [-0.1, -0.05) is 6.07 Å². The molecule has 0 radical (unpaired) electrons. The zero-order valence-electron chi connectivity index (χ0n) is 18.4. The summed E-state index contributed by atoms with van der Waals surface area (Å²) in [5.74, 6) is 1.00. The maximum Gasteiger partial charge on any atom is 0.321 e. The number of methoxy groups -OCH3 is 1. The molecule has 2 saturated heterocycles. The van der Waals surface area contributed by atoms with Gasteiger partial charge >= 0.3 is 6.03 Å². The van der Waals surface area contributed by atoms with Gasteiger partial charge in [0.05, 0.1) is 12.7 Å². The highest BCUT2D eigenvalue weighted by molar-refractivity contribution is 5.94. The van der Waals surface area contributed by atoms with Gasteiger partial charge in [0.15, 0.2) is 0 Å². The van der Waals surface area contributed by atoms with Gasteiger partial charge in [-0.15, -0.1) is 0 Å².